The average Bonchev–Trinajstić information content (AvgIpc) is 2.45. The third-order valence-electron chi connectivity index (χ3n) is 3.79. The quantitative estimate of drug-likeness (QED) is 0.735. The maximum Gasteiger partial charge on any atom is 0.222 e. The third-order valence-corrected chi connectivity index (χ3v) is 3.79. The maximum absolute atomic E-state index is 12.2. The van der Waals surface area contributed by atoms with Crippen LogP contribution in [0.1, 0.15) is 44.6 Å². The Morgan fingerprint density at radius 2 is 2.10 bits per heavy atom. The number of phenolic OH excluding ortho intramolecular Hbond substituents is 1. The number of carbonyl (C=O) groups is 1. The van der Waals surface area contributed by atoms with Crippen molar-refractivity contribution in [2.45, 2.75) is 45.6 Å². The molecule has 0 aliphatic rings. The fourth-order valence-corrected chi connectivity index (χ4v) is 2.61. The lowest BCUT2D eigenvalue weighted by Gasteiger charge is -2.20. The third kappa shape index (κ3) is 6.63. The number of hydrogen-bond acceptors (Lipinski definition) is 3. The zero-order chi connectivity index (χ0) is 15.7. The van der Waals surface area contributed by atoms with Crippen LogP contribution < -0.4 is 5.73 Å². The smallest absolute Gasteiger partial charge is 0.222 e. The molecule has 0 saturated carbocycles. The van der Waals surface area contributed by atoms with Crippen molar-refractivity contribution in [3.05, 3.63) is 29.8 Å². The standard InChI is InChI=1S/C17H28N2O2/c1-3-5-14(10-11-18)8-9-17(21)19(2)13-15-6-4-7-16(20)12-15/h4,6-7,12,14,20H,3,5,8-11,13,18H2,1-2H3. The highest BCUT2D eigenvalue weighted by Crippen LogP contribution is 2.18. The van der Waals surface area contributed by atoms with Gasteiger partial charge in [0.25, 0.3) is 0 Å². The molecule has 0 fully saturated rings. The molecule has 1 amide bonds. The number of rotatable bonds is 9. The van der Waals surface area contributed by atoms with Crippen molar-refractivity contribution in [2.24, 2.45) is 11.7 Å². The van der Waals surface area contributed by atoms with Crippen LogP contribution in [0.4, 0.5) is 0 Å². The molecule has 0 heterocycles. The van der Waals surface area contributed by atoms with E-state index in [0.29, 0.717) is 25.4 Å². The van der Waals surface area contributed by atoms with Gasteiger partial charge in [0.2, 0.25) is 5.91 Å². The number of benzene rings is 1. The molecule has 0 bridgehead atoms. The van der Waals surface area contributed by atoms with Crippen molar-refractivity contribution in [3.63, 3.8) is 0 Å². The van der Waals surface area contributed by atoms with Crippen LogP contribution in [-0.2, 0) is 11.3 Å². The molecule has 0 radical (unpaired) electrons. The molecule has 118 valence electrons. The number of nitrogens with two attached hydrogens (primary N) is 1. The van der Waals surface area contributed by atoms with E-state index >= 15 is 0 Å². The lowest BCUT2D eigenvalue weighted by Crippen LogP contribution is -2.26. The zero-order valence-corrected chi connectivity index (χ0v) is 13.2. The van der Waals surface area contributed by atoms with Gasteiger partial charge in [-0.2, -0.15) is 0 Å². The van der Waals surface area contributed by atoms with Crippen LogP contribution in [-0.4, -0.2) is 29.5 Å². The number of phenols is 1. The van der Waals surface area contributed by atoms with E-state index in [1.807, 2.05) is 13.1 Å². The molecule has 0 aromatic heterocycles. The summed E-state index contributed by atoms with van der Waals surface area (Å²) in [5, 5.41) is 9.44. The van der Waals surface area contributed by atoms with E-state index in [0.717, 1.165) is 31.2 Å². The topological polar surface area (TPSA) is 66.6 Å². The lowest BCUT2D eigenvalue weighted by molar-refractivity contribution is -0.130. The Morgan fingerprint density at radius 3 is 2.71 bits per heavy atom. The largest absolute Gasteiger partial charge is 0.508 e. The number of amides is 1. The second-order valence-electron chi connectivity index (χ2n) is 5.69. The molecule has 1 aromatic rings. The summed E-state index contributed by atoms with van der Waals surface area (Å²) in [4.78, 5) is 13.9. The van der Waals surface area contributed by atoms with Crippen LogP contribution in [0.5, 0.6) is 5.75 Å². The summed E-state index contributed by atoms with van der Waals surface area (Å²) >= 11 is 0. The predicted molar refractivity (Wildman–Crippen MR) is 85.9 cm³/mol. The Kier molecular flexibility index (Phi) is 7.83. The molecule has 1 unspecified atom stereocenters. The Morgan fingerprint density at radius 1 is 1.33 bits per heavy atom. The first-order valence-corrected chi connectivity index (χ1v) is 7.78. The first-order valence-electron chi connectivity index (χ1n) is 7.78. The van der Waals surface area contributed by atoms with Gasteiger partial charge in [0, 0.05) is 20.0 Å². The van der Waals surface area contributed by atoms with Gasteiger partial charge in [0.15, 0.2) is 0 Å². The molecule has 0 aliphatic heterocycles. The number of carbonyl (C=O) groups excluding carboxylic acids is 1. The monoisotopic (exact) mass is 292 g/mol. The van der Waals surface area contributed by atoms with Crippen molar-refractivity contribution in [1.82, 2.24) is 4.90 Å². The Labute approximate surface area is 128 Å². The number of hydrogen-bond donors (Lipinski definition) is 2. The highest BCUT2D eigenvalue weighted by Gasteiger charge is 2.13. The number of aromatic hydroxyl groups is 1. The molecular formula is C17H28N2O2. The van der Waals surface area contributed by atoms with Crippen LogP contribution in [0.3, 0.4) is 0 Å². The van der Waals surface area contributed by atoms with Gasteiger partial charge in [0.05, 0.1) is 0 Å². The zero-order valence-electron chi connectivity index (χ0n) is 13.2. The molecule has 4 heteroatoms. The summed E-state index contributed by atoms with van der Waals surface area (Å²) in [7, 11) is 1.81. The normalized spacial score (nSPS) is 12.1. The van der Waals surface area contributed by atoms with Crippen LogP contribution in [0.2, 0.25) is 0 Å². The SMILES string of the molecule is CCCC(CCN)CCC(=O)N(C)Cc1cccc(O)c1. The number of nitrogens with zero attached hydrogens (tertiary/aromatic N) is 1. The fourth-order valence-electron chi connectivity index (χ4n) is 2.61. The highest BCUT2D eigenvalue weighted by atomic mass is 16.3. The van der Waals surface area contributed by atoms with Crippen molar-refractivity contribution >= 4 is 5.91 Å². The van der Waals surface area contributed by atoms with Crippen LogP contribution in [0.15, 0.2) is 24.3 Å². The van der Waals surface area contributed by atoms with Gasteiger partial charge in [-0.05, 0) is 43.0 Å². The van der Waals surface area contributed by atoms with Crippen LogP contribution in [0.25, 0.3) is 0 Å². The van der Waals surface area contributed by atoms with Gasteiger partial charge in [-0.15, -0.1) is 0 Å². The minimum atomic E-state index is 0.150. The molecule has 0 spiro atoms. The van der Waals surface area contributed by atoms with Gasteiger partial charge in [-0.25, -0.2) is 0 Å². The molecule has 21 heavy (non-hydrogen) atoms. The van der Waals surface area contributed by atoms with E-state index in [1.54, 1.807) is 23.1 Å². The molecule has 3 N–H and O–H groups in total. The maximum atomic E-state index is 12.2. The van der Waals surface area contributed by atoms with Crippen LogP contribution in [0, 0.1) is 5.92 Å². The van der Waals surface area contributed by atoms with E-state index in [1.165, 1.54) is 0 Å². The Balaban J connectivity index is 2.43. The Hall–Kier alpha value is -1.55. The van der Waals surface area contributed by atoms with Crippen molar-refractivity contribution in [1.29, 1.82) is 0 Å². The summed E-state index contributed by atoms with van der Waals surface area (Å²) in [5.41, 5.74) is 6.57. The van der Waals surface area contributed by atoms with Crippen molar-refractivity contribution < 1.29 is 9.90 Å². The highest BCUT2D eigenvalue weighted by molar-refractivity contribution is 5.75. The summed E-state index contributed by atoms with van der Waals surface area (Å²) in [6, 6.07) is 7.03. The second-order valence-corrected chi connectivity index (χ2v) is 5.69. The van der Waals surface area contributed by atoms with Gasteiger partial charge in [-0.3, -0.25) is 4.79 Å². The molecule has 0 saturated heterocycles. The first-order chi connectivity index (χ1) is 10.1. The van der Waals surface area contributed by atoms with Crippen molar-refractivity contribution in [3.8, 4) is 5.75 Å². The molecular weight excluding hydrogens is 264 g/mol. The summed E-state index contributed by atoms with van der Waals surface area (Å²) in [5.74, 6) is 0.939. The minimum Gasteiger partial charge on any atom is -0.508 e. The molecule has 1 rings (SSSR count). The van der Waals surface area contributed by atoms with Gasteiger partial charge < -0.3 is 15.7 Å². The lowest BCUT2D eigenvalue weighted by atomic mass is 9.94. The molecule has 1 atom stereocenters. The molecule has 1 aromatic carbocycles. The average molecular weight is 292 g/mol. The predicted octanol–water partition coefficient (Wildman–Crippen LogP) is 2.90. The van der Waals surface area contributed by atoms with Crippen LogP contribution >= 0.6 is 0 Å². The van der Waals surface area contributed by atoms with E-state index in [2.05, 4.69) is 6.92 Å². The summed E-state index contributed by atoms with van der Waals surface area (Å²) < 4.78 is 0. The first kappa shape index (κ1) is 17.5. The van der Waals surface area contributed by atoms with E-state index in [4.69, 9.17) is 5.73 Å². The molecule has 4 nitrogen and oxygen atoms in total. The van der Waals surface area contributed by atoms with Gasteiger partial charge in [0.1, 0.15) is 5.75 Å². The van der Waals surface area contributed by atoms with E-state index < -0.39 is 0 Å². The Bertz CT molecular complexity index is 429. The van der Waals surface area contributed by atoms with Gasteiger partial charge >= 0.3 is 0 Å². The summed E-state index contributed by atoms with van der Waals surface area (Å²) in [6.45, 7) is 3.39. The van der Waals surface area contributed by atoms with Crippen molar-refractivity contribution in [2.75, 3.05) is 13.6 Å². The van der Waals surface area contributed by atoms with E-state index in [-0.39, 0.29) is 11.7 Å². The van der Waals surface area contributed by atoms with Gasteiger partial charge in [-0.1, -0.05) is 31.9 Å². The molecule has 0 aliphatic carbocycles. The minimum absolute atomic E-state index is 0.150. The second kappa shape index (κ2) is 9.40. The fraction of sp³-hybridized carbons (Fsp3) is 0.588. The summed E-state index contributed by atoms with van der Waals surface area (Å²) in [6.07, 6.45) is 4.75. The van der Waals surface area contributed by atoms with E-state index in [9.17, 15) is 9.90 Å².